The molecular weight excluding hydrogens is 266 g/mol. The largest absolute Gasteiger partial charge is 0.493 e. The Bertz CT molecular complexity index is 407. The topological polar surface area (TPSA) is 39.7 Å². The molecule has 0 spiro atoms. The second-order valence-corrected chi connectivity index (χ2v) is 5.59. The van der Waals surface area contributed by atoms with Gasteiger partial charge in [-0.2, -0.15) is 0 Å². The molecule has 0 fully saturated rings. The fourth-order valence-electron chi connectivity index (χ4n) is 2.01. The summed E-state index contributed by atoms with van der Waals surface area (Å²) in [6, 6.07) is 6.25. The van der Waals surface area contributed by atoms with Crippen LogP contribution in [-0.2, 0) is 4.74 Å². The number of ether oxygens (including phenoxy) is 3. The summed E-state index contributed by atoms with van der Waals surface area (Å²) in [4.78, 5) is 0. The molecule has 0 aliphatic heterocycles. The van der Waals surface area contributed by atoms with Crippen LogP contribution in [0.4, 0.5) is 0 Å². The number of rotatable bonds is 10. The molecule has 0 radical (unpaired) electrons. The van der Waals surface area contributed by atoms with Crippen LogP contribution in [0.15, 0.2) is 18.2 Å². The van der Waals surface area contributed by atoms with Gasteiger partial charge in [-0.3, -0.25) is 0 Å². The first kappa shape index (κ1) is 17.8. The van der Waals surface area contributed by atoms with Crippen LogP contribution in [-0.4, -0.2) is 34.0 Å². The van der Waals surface area contributed by atoms with Crippen LogP contribution in [0.3, 0.4) is 0 Å². The standard InChI is InChI=1S/C17H29NO3/c1-13(2)8-10-21-11-9-18-14(3)15-6-7-16(19-4)17(12-15)20-5/h6-7,12-14,18H,8-11H2,1-5H3. The minimum atomic E-state index is 0.249. The van der Waals surface area contributed by atoms with Crippen LogP contribution in [0.1, 0.15) is 38.8 Å². The molecule has 4 nitrogen and oxygen atoms in total. The highest BCUT2D eigenvalue weighted by Crippen LogP contribution is 2.29. The zero-order chi connectivity index (χ0) is 15.7. The molecule has 1 N–H and O–H groups in total. The van der Waals surface area contributed by atoms with Crippen LogP contribution >= 0.6 is 0 Å². The number of methoxy groups -OCH3 is 2. The van der Waals surface area contributed by atoms with Crippen molar-refractivity contribution in [2.24, 2.45) is 5.92 Å². The molecule has 1 aromatic rings. The van der Waals surface area contributed by atoms with E-state index in [0.29, 0.717) is 5.92 Å². The van der Waals surface area contributed by atoms with Gasteiger partial charge in [0.1, 0.15) is 0 Å². The maximum absolute atomic E-state index is 5.60. The lowest BCUT2D eigenvalue weighted by molar-refractivity contribution is 0.123. The van der Waals surface area contributed by atoms with E-state index in [0.717, 1.165) is 37.7 Å². The lowest BCUT2D eigenvalue weighted by Gasteiger charge is -2.16. The highest BCUT2D eigenvalue weighted by atomic mass is 16.5. The van der Waals surface area contributed by atoms with Gasteiger partial charge < -0.3 is 19.5 Å². The Morgan fingerprint density at radius 2 is 1.71 bits per heavy atom. The van der Waals surface area contributed by atoms with Crippen LogP contribution < -0.4 is 14.8 Å². The van der Waals surface area contributed by atoms with Crippen LogP contribution in [0.25, 0.3) is 0 Å². The van der Waals surface area contributed by atoms with Gasteiger partial charge in [-0.25, -0.2) is 0 Å². The number of hydrogen-bond acceptors (Lipinski definition) is 4. The molecule has 21 heavy (non-hydrogen) atoms. The maximum atomic E-state index is 5.60. The van der Waals surface area contributed by atoms with Crippen molar-refractivity contribution in [2.45, 2.75) is 33.2 Å². The van der Waals surface area contributed by atoms with E-state index < -0.39 is 0 Å². The molecule has 0 aliphatic rings. The van der Waals surface area contributed by atoms with Gasteiger partial charge in [0.2, 0.25) is 0 Å². The van der Waals surface area contributed by atoms with E-state index in [1.54, 1.807) is 14.2 Å². The molecule has 0 bridgehead atoms. The Hall–Kier alpha value is -1.26. The number of benzene rings is 1. The summed E-state index contributed by atoms with van der Waals surface area (Å²) in [5.41, 5.74) is 1.18. The van der Waals surface area contributed by atoms with Crippen molar-refractivity contribution in [3.8, 4) is 11.5 Å². The van der Waals surface area contributed by atoms with Crippen LogP contribution in [0, 0.1) is 5.92 Å². The summed E-state index contributed by atoms with van der Waals surface area (Å²) in [7, 11) is 3.30. The molecule has 1 atom stereocenters. The summed E-state index contributed by atoms with van der Waals surface area (Å²) in [6.45, 7) is 8.97. The second-order valence-electron chi connectivity index (χ2n) is 5.59. The molecular formula is C17H29NO3. The minimum absolute atomic E-state index is 0.249. The summed E-state index contributed by atoms with van der Waals surface area (Å²) in [5.74, 6) is 2.21. The first-order valence-corrected chi connectivity index (χ1v) is 7.61. The molecule has 1 rings (SSSR count). The van der Waals surface area contributed by atoms with E-state index >= 15 is 0 Å². The minimum Gasteiger partial charge on any atom is -0.493 e. The fraction of sp³-hybridized carbons (Fsp3) is 0.647. The monoisotopic (exact) mass is 295 g/mol. The number of nitrogens with one attached hydrogen (secondary N) is 1. The molecule has 0 aliphatic carbocycles. The predicted molar refractivity (Wildman–Crippen MR) is 86.2 cm³/mol. The first-order chi connectivity index (χ1) is 10.1. The fourth-order valence-corrected chi connectivity index (χ4v) is 2.01. The van der Waals surface area contributed by atoms with Gasteiger partial charge in [-0.15, -0.1) is 0 Å². The van der Waals surface area contributed by atoms with E-state index in [-0.39, 0.29) is 6.04 Å². The Balaban J connectivity index is 2.36. The van der Waals surface area contributed by atoms with Crippen molar-refractivity contribution in [3.63, 3.8) is 0 Å². The normalized spacial score (nSPS) is 12.5. The molecule has 0 saturated heterocycles. The van der Waals surface area contributed by atoms with Gasteiger partial charge in [-0.1, -0.05) is 19.9 Å². The third-order valence-corrected chi connectivity index (χ3v) is 3.44. The van der Waals surface area contributed by atoms with E-state index in [9.17, 15) is 0 Å². The molecule has 4 heteroatoms. The van der Waals surface area contributed by atoms with Gasteiger partial charge >= 0.3 is 0 Å². The smallest absolute Gasteiger partial charge is 0.161 e. The van der Waals surface area contributed by atoms with E-state index in [1.807, 2.05) is 12.1 Å². The molecule has 0 amide bonds. The van der Waals surface area contributed by atoms with Gasteiger partial charge in [0.05, 0.1) is 20.8 Å². The zero-order valence-corrected chi connectivity index (χ0v) is 13.9. The Morgan fingerprint density at radius 1 is 1.00 bits per heavy atom. The summed E-state index contributed by atoms with van der Waals surface area (Å²) in [5, 5.41) is 3.45. The van der Waals surface area contributed by atoms with Crippen molar-refractivity contribution in [2.75, 3.05) is 34.0 Å². The average Bonchev–Trinajstić information content (AvgIpc) is 2.49. The maximum Gasteiger partial charge on any atom is 0.161 e. The summed E-state index contributed by atoms with van der Waals surface area (Å²) < 4.78 is 16.2. The van der Waals surface area contributed by atoms with Gasteiger partial charge in [0.15, 0.2) is 11.5 Å². The van der Waals surface area contributed by atoms with Gasteiger partial charge in [-0.05, 0) is 37.0 Å². The third kappa shape index (κ3) is 6.36. The summed E-state index contributed by atoms with van der Waals surface area (Å²) in [6.07, 6.45) is 1.12. The first-order valence-electron chi connectivity index (χ1n) is 7.61. The summed E-state index contributed by atoms with van der Waals surface area (Å²) >= 11 is 0. The van der Waals surface area contributed by atoms with E-state index in [1.165, 1.54) is 5.56 Å². The average molecular weight is 295 g/mol. The highest BCUT2D eigenvalue weighted by molar-refractivity contribution is 5.43. The number of hydrogen-bond donors (Lipinski definition) is 1. The van der Waals surface area contributed by atoms with Crippen LogP contribution in [0.5, 0.6) is 11.5 Å². The van der Waals surface area contributed by atoms with Crippen LogP contribution in [0.2, 0.25) is 0 Å². The second kappa shape index (κ2) is 9.64. The lowest BCUT2D eigenvalue weighted by atomic mass is 10.1. The van der Waals surface area contributed by atoms with Crippen molar-refractivity contribution in [3.05, 3.63) is 23.8 Å². The Labute approximate surface area is 128 Å². The predicted octanol–water partition coefficient (Wildman–Crippen LogP) is 3.42. The Morgan fingerprint density at radius 3 is 2.33 bits per heavy atom. The van der Waals surface area contributed by atoms with Crippen molar-refractivity contribution < 1.29 is 14.2 Å². The lowest BCUT2D eigenvalue weighted by Crippen LogP contribution is -2.23. The molecule has 1 unspecified atom stereocenters. The zero-order valence-electron chi connectivity index (χ0n) is 13.9. The third-order valence-electron chi connectivity index (χ3n) is 3.44. The molecule has 0 heterocycles. The van der Waals surface area contributed by atoms with Crippen molar-refractivity contribution in [1.82, 2.24) is 5.32 Å². The van der Waals surface area contributed by atoms with E-state index in [4.69, 9.17) is 14.2 Å². The SMILES string of the molecule is COc1ccc(C(C)NCCOCCC(C)C)cc1OC. The molecule has 120 valence electrons. The van der Waals surface area contributed by atoms with Crippen molar-refractivity contribution in [1.29, 1.82) is 0 Å². The highest BCUT2D eigenvalue weighted by Gasteiger charge is 2.09. The molecule has 0 saturated carbocycles. The van der Waals surface area contributed by atoms with Crippen molar-refractivity contribution >= 4 is 0 Å². The molecule has 0 aromatic heterocycles. The van der Waals surface area contributed by atoms with Gasteiger partial charge in [0.25, 0.3) is 0 Å². The quantitative estimate of drug-likeness (QED) is 0.671. The molecule has 1 aromatic carbocycles. The van der Waals surface area contributed by atoms with Gasteiger partial charge in [0, 0.05) is 19.2 Å². The Kier molecular flexibility index (Phi) is 8.16. The van der Waals surface area contributed by atoms with E-state index in [2.05, 4.69) is 32.2 Å².